The predicted molar refractivity (Wildman–Crippen MR) is 58.4 cm³/mol. The van der Waals surface area contributed by atoms with Gasteiger partial charge < -0.3 is 4.74 Å². The van der Waals surface area contributed by atoms with E-state index in [1.807, 2.05) is 6.07 Å². The molecule has 0 radical (unpaired) electrons. The molecular weight excluding hydrogens is 263 g/mol. The molecule has 7 heteroatoms. The lowest BCUT2D eigenvalue weighted by atomic mass is 10.2. The first kappa shape index (κ1) is 14.2. The molecule has 0 aromatic heterocycles. The van der Waals surface area contributed by atoms with Crippen LogP contribution in [0.25, 0.3) is 0 Å². The standard InChI is InChI=1S/C8H8O2.Cl2O2S/c1-10-8(9)7-5-3-2-4-6-7;1-5(2,3)4/h2-6H,1H3;. The zero-order valence-electron chi connectivity index (χ0n) is 7.68. The minimum absolute atomic E-state index is 0.291. The fourth-order valence-electron chi connectivity index (χ4n) is 0.692. The van der Waals surface area contributed by atoms with Crippen LogP contribution in [0, 0.1) is 0 Å². The van der Waals surface area contributed by atoms with Gasteiger partial charge in [0.2, 0.25) is 0 Å². The van der Waals surface area contributed by atoms with Crippen LogP contribution >= 0.6 is 21.4 Å². The number of esters is 1. The van der Waals surface area contributed by atoms with Crippen molar-refractivity contribution in [1.29, 1.82) is 0 Å². The summed E-state index contributed by atoms with van der Waals surface area (Å²) in [7, 11) is 6.18. The van der Waals surface area contributed by atoms with Crippen molar-refractivity contribution in [2.24, 2.45) is 0 Å². The van der Waals surface area contributed by atoms with Crippen LogP contribution in [-0.2, 0) is 13.0 Å². The van der Waals surface area contributed by atoms with Crippen molar-refractivity contribution < 1.29 is 17.9 Å². The molecule has 0 N–H and O–H groups in total. The molecule has 4 nitrogen and oxygen atoms in total. The summed E-state index contributed by atoms with van der Waals surface area (Å²) in [6, 6.07) is 8.88. The van der Waals surface area contributed by atoms with Gasteiger partial charge in [-0.05, 0) is 12.1 Å². The van der Waals surface area contributed by atoms with Gasteiger partial charge in [0.1, 0.15) is 0 Å². The summed E-state index contributed by atoms with van der Waals surface area (Å²) < 4.78 is 22.8. The van der Waals surface area contributed by atoms with E-state index in [-0.39, 0.29) is 5.97 Å². The Hall–Kier alpha value is -0.780. The summed E-state index contributed by atoms with van der Waals surface area (Å²) in [6.07, 6.45) is 0. The highest BCUT2D eigenvalue weighted by atomic mass is 36.0. The first-order chi connectivity index (χ1) is 6.84. The molecule has 0 saturated carbocycles. The monoisotopic (exact) mass is 270 g/mol. The summed E-state index contributed by atoms with van der Waals surface area (Å²) in [5.74, 6) is -0.291. The number of methoxy groups -OCH3 is 1. The highest BCUT2D eigenvalue weighted by Crippen LogP contribution is 1.99. The van der Waals surface area contributed by atoms with Crippen molar-refractivity contribution in [3.63, 3.8) is 0 Å². The number of rotatable bonds is 1. The molecule has 1 aromatic rings. The molecule has 15 heavy (non-hydrogen) atoms. The molecule has 0 aliphatic heterocycles. The van der Waals surface area contributed by atoms with Gasteiger partial charge in [-0.3, -0.25) is 0 Å². The molecule has 0 aliphatic carbocycles. The van der Waals surface area contributed by atoms with E-state index in [0.29, 0.717) is 5.56 Å². The fraction of sp³-hybridized carbons (Fsp3) is 0.125. The van der Waals surface area contributed by atoms with E-state index in [1.165, 1.54) is 7.11 Å². The number of ether oxygens (including phenoxy) is 1. The maximum atomic E-state index is 10.8. The maximum Gasteiger partial charge on any atom is 0.337 e. The molecule has 0 aliphatic rings. The first-order valence-corrected chi connectivity index (χ1v) is 6.75. The normalized spacial score (nSPS) is 9.80. The van der Waals surface area contributed by atoms with E-state index >= 15 is 0 Å². The molecule has 0 unspecified atom stereocenters. The predicted octanol–water partition coefficient (Wildman–Crippen LogP) is 2.18. The third kappa shape index (κ3) is 9.52. The van der Waals surface area contributed by atoms with E-state index in [2.05, 4.69) is 26.1 Å². The van der Waals surface area contributed by atoms with E-state index in [0.717, 1.165) is 0 Å². The molecule has 0 spiro atoms. The molecule has 0 fully saturated rings. The number of carbonyl (C=O) groups excluding carboxylic acids is 1. The Balaban J connectivity index is 0.000000336. The van der Waals surface area contributed by atoms with Crippen LogP contribution < -0.4 is 0 Å². The second-order valence-electron chi connectivity index (χ2n) is 2.24. The van der Waals surface area contributed by atoms with Crippen LogP contribution in [0.2, 0.25) is 0 Å². The third-order valence-corrected chi connectivity index (χ3v) is 1.19. The van der Waals surface area contributed by atoms with Crippen molar-refractivity contribution >= 4 is 35.6 Å². The minimum Gasteiger partial charge on any atom is -0.465 e. The average molecular weight is 271 g/mol. The molecule has 1 rings (SSSR count). The lowest BCUT2D eigenvalue weighted by Gasteiger charge is -1.95. The van der Waals surface area contributed by atoms with Crippen LogP contribution in [0.15, 0.2) is 30.3 Å². The average Bonchev–Trinajstić information content (AvgIpc) is 2.15. The summed E-state index contributed by atoms with van der Waals surface area (Å²) in [5, 5.41) is 0. The third-order valence-electron chi connectivity index (χ3n) is 1.19. The van der Waals surface area contributed by atoms with Crippen molar-refractivity contribution in [3.8, 4) is 0 Å². The smallest absolute Gasteiger partial charge is 0.337 e. The Morgan fingerprint density at radius 2 is 1.60 bits per heavy atom. The van der Waals surface area contributed by atoms with Gasteiger partial charge in [0.25, 0.3) is 0 Å². The number of carbonyl (C=O) groups is 1. The van der Waals surface area contributed by atoms with Crippen LogP contribution in [0.3, 0.4) is 0 Å². The van der Waals surface area contributed by atoms with Gasteiger partial charge >= 0.3 is 14.2 Å². The van der Waals surface area contributed by atoms with Gasteiger partial charge in [-0.2, -0.15) is 8.42 Å². The number of hydrogen-bond acceptors (Lipinski definition) is 4. The number of benzene rings is 1. The van der Waals surface area contributed by atoms with E-state index in [1.54, 1.807) is 24.3 Å². The summed E-state index contributed by atoms with van der Waals surface area (Å²) >= 11 is 0. The molecule has 0 amide bonds. The summed E-state index contributed by atoms with van der Waals surface area (Å²) in [6.45, 7) is 0. The molecule has 1 aromatic carbocycles. The zero-order valence-corrected chi connectivity index (χ0v) is 10.0. The first-order valence-electron chi connectivity index (χ1n) is 3.62. The highest BCUT2D eigenvalue weighted by molar-refractivity contribution is 8.31. The lowest BCUT2D eigenvalue weighted by Crippen LogP contribution is -1.99. The molecule has 0 heterocycles. The molecule has 0 atom stereocenters. The SMILES string of the molecule is COC(=O)c1ccccc1.O=S(=O)(Cl)Cl. The summed E-state index contributed by atoms with van der Waals surface area (Å²) in [5.41, 5.74) is 0.588. The number of hydrogen-bond donors (Lipinski definition) is 0. The molecule has 84 valence electrons. The van der Waals surface area contributed by atoms with E-state index in [9.17, 15) is 4.79 Å². The van der Waals surface area contributed by atoms with Gasteiger partial charge in [0.05, 0.1) is 12.7 Å². The van der Waals surface area contributed by atoms with Crippen molar-refractivity contribution in [2.45, 2.75) is 0 Å². The fourth-order valence-corrected chi connectivity index (χ4v) is 0.692. The maximum absolute atomic E-state index is 10.8. The van der Waals surface area contributed by atoms with E-state index in [4.69, 9.17) is 8.42 Å². The van der Waals surface area contributed by atoms with Gasteiger partial charge in [0, 0.05) is 21.4 Å². The van der Waals surface area contributed by atoms with Gasteiger partial charge in [-0.15, -0.1) is 0 Å². The van der Waals surface area contributed by atoms with E-state index < -0.39 is 8.26 Å². The Labute approximate surface area is 96.7 Å². The zero-order chi connectivity index (χ0) is 11.9. The molecule has 0 bridgehead atoms. The number of halogens is 2. The van der Waals surface area contributed by atoms with Crippen LogP contribution in [0.4, 0.5) is 0 Å². The Bertz CT molecular complexity index is 394. The second kappa shape index (κ2) is 6.66. The van der Waals surface area contributed by atoms with Crippen LogP contribution in [0.5, 0.6) is 0 Å². The molecule has 0 saturated heterocycles. The topological polar surface area (TPSA) is 60.4 Å². The highest BCUT2D eigenvalue weighted by Gasteiger charge is 2.00. The minimum atomic E-state index is -3.72. The lowest BCUT2D eigenvalue weighted by molar-refractivity contribution is 0.0600. The Morgan fingerprint density at radius 1 is 1.20 bits per heavy atom. The second-order valence-corrected chi connectivity index (χ2v) is 5.90. The Kier molecular flexibility index (Phi) is 6.31. The van der Waals surface area contributed by atoms with Crippen molar-refractivity contribution in [2.75, 3.05) is 7.11 Å². The van der Waals surface area contributed by atoms with Crippen LogP contribution in [0.1, 0.15) is 10.4 Å². The van der Waals surface area contributed by atoms with Crippen molar-refractivity contribution in [1.82, 2.24) is 0 Å². The summed E-state index contributed by atoms with van der Waals surface area (Å²) in [4.78, 5) is 10.8. The largest absolute Gasteiger partial charge is 0.465 e. The Morgan fingerprint density at radius 3 is 1.93 bits per heavy atom. The van der Waals surface area contributed by atoms with Gasteiger partial charge in [0.15, 0.2) is 0 Å². The quantitative estimate of drug-likeness (QED) is 0.580. The van der Waals surface area contributed by atoms with Crippen molar-refractivity contribution in [3.05, 3.63) is 35.9 Å². The van der Waals surface area contributed by atoms with Crippen LogP contribution in [-0.4, -0.2) is 21.5 Å². The van der Waals surface area contributed by atoms with Gasteiger partial charge in [-0.25, -0.2) is 4.79 Å². The van der Waals surface area contributed by atoms with Gasteiger partial charge in [-0.1, -0.05) is 18.2 Å². The molecular formula is C8H8Cl2O4S.